The van der Waals surface area contributed by atoms with Crippen LogP contribution >= 0.6 is 0 Å². The molecule has 0 bridgehead atoms. The van der Waals surface area contributed by atoms with E-state index in [2.05, 4.69) is 30.4 Å². The number of fused-ring (bicyclic) bond motifs is 2. The van der Waals surface area contributed by atoms with Gasteiger partial charge in [0.15, 0.2) is 0 Å². The fourth-order valence-corrected chi connectivity index (χ4v) is 3.81. The molecule has 1 spiro atoms. The molecule has 1 saturated heterocycles. The topological polar surface area (TPSA) is 41.6 Å². The molecule has 0 saturated carbocycles. The Bertz CT molecular complexity index is 596. The lowest BCUT2D eigenvalue weighted by atomic mass is 9.69. The van der Waals surface area contributed by atoms with Crippen LogP contribution in [0, 0.1) is 6.92 Å². The molecule has 2 heterocycles. The normalized spacial score (nSPS) is 20.3. The lowest BCUT2D eigenvalue weighted by Crippen LogP contribution is -2.52. The molecule has 0 atom stereocenters. The van der Waals surface area contributed by atoms with Crippen molar-refractivity contribution in [2.75, 3.05) is 19.6 Å². The predicted molar refractivity (Wildman–Crippen MR) is 91.6 cm³/mol. The first-order chi connectivity index (χ1) is 10.8. The molecule has 2 aliphatic heterocycles. The summed E-state index contributed by atoms with van der Waals surface area (Å²) in [4.78, 5) is 14.1. The van der Waals surface area contributed by atoms with E-state index in [-0.39, 0.29) is 11.5 Å². The number of rotatable bonds is 0. The lowest BCUT2D eigenvalue weighted by molar-refractivity contribution is 0.0159. The second-order valence-corrected chi connectivity index (χ2v) is 8.01. The van der Waals surface area contributed by atoms with E-state index in [1.807, 2.05) is 25.7 Å². The fraction of sp³-hybridized carbons (Fsp3) is 0.632. The number of ether oxygens (including phenoxy) is 1. The zero-order valence-corrected chi connectivity index (χ0v) is 14.7. The molecule has 4 nitrogen and oxygen atoms in total. The van der Waals surface area contributed by atoms with Gasteiger partial charge in [-0.1, -0.05) is 23.8 Å². The van der Waals surface area contributed by atoms with E-state index >= 15 is 0 Å². The van der Waals surface area contributed by atoms with E-state index in [4.69, 9.17) is 4.74 Å². The van der Waals surface area contributed by atoms with Crippen molar-refractivity contribution < 1.29 is 9.53 Å². The van der Waals surface area contributed by atoms with Gasteiger partial charge in [0.1, 0.15) is 5.60 Å². The van der Waals surface area contributed by atoms with Crippen LogP contribution in [0.1, 0.15) is 50.3 Å². The highest BCUT2D eigenvalue weighted by molar-refractivity contribution is 5.68. The number of piperidine rings is 1. The quantitative estimate of drug-likeness (QED) is 0.798. The van der Waals surface area contributed by atoms with Crippen molar-refractivity contribution in [1.82, 2.24) is 10.2 Å². The molecular weight excluding hydrogens is 288 g/mol. The van der Waals surface area contributed by atoms with E-state index < -0.39 is 5.60 Å². The fourth-order valence-electron chi connectivity index (χ4n) is 3.81. The number of aryl methyl sites for hydroxylation is 1. The van der Waals surface area contributed by atoms with Gasteiger partial charge in [-0.25, -0.2) is 4.79 Å². The standard InChI is InChI=1S/C19H28N2O2/c1-14-5-6-16-15(11-14)12-20-13-19(16)7-9-21(10-8-19)17(22)23-18(2,3)4/h5-6,11,20H,7-10,12-13H2,1-4H3. The van der Waals surface area contributed by atoms with Gasteiger partial charge in [-0.3, -0.25) is 0 Å². The van der Waals surface area contributed by atoms with Gasteiger partial charge in [0.05, 0.1) is 0 Å². The molecule has 1 amide bonds. The maximum Gasteiger partial charge on any atom is 0.410 e. The summed E-state index contributed by atoms with van der Waals surface area (Å²) in [6.45, 7) is 11.4. The minimum Gasteiger partial charge on any atom is -0.444 e. The van der Waals surface area contributed by atoms with Gasteiger partial charge in [0.2, 0.25) is 0 Å². The molecule has 2 aliphatic rings. The van der Waals surface area contributed by atoms with Crippen molar-refractivity contribution in [3.63, 3.8) is 0 Å². The molecule has 0 radical (unpaired) electrons. The summed E-state index contributed by atoms with van der Waals surface area (Å²) in [6.07, 6.45) is 1.81. The summed E-state index contributed by atoms with van der Waals surface area (Å²) in [6, 6.07) is 6.81. The van der Waals surface area contributed by atoms with Crippen LogP contribution in [0.2, 0.25) is 0 Å². The first-order valence-electron chi connectivity index (χ1n) is 8.58. The van der Waals surface area contributed by atoms with Crippen molar-refractivity contribution in [3.8, 4) is 0 Å². The number of hydrogen-bond donors (Lipinski definition) is 1. The Morgan fingerprint density at radius 3 is 2.61 bits per heavy atom. The van der Waals surface area contributed by atoms with Gasteiger partial charge < -0.3 is 15.0 Å². The molecule has 126 valence electrons. The van der Waals surface area contributed by atoms with Crippen LogP contribution in [0.5, 0.6) is 0 Å². The summed E-state index contributed by atoms with van der Waals surface area (Å²) >= 11 is 0. The number of benzene rings is 1. The second kappa shape index (κ2) is 5.82. The minimum absolute atomic E-state index is 0.166. The van der Waals surface area contributed by atoms with Gasteiger partial charge >= 0.3 is 6.09 Å². The molecule has 0 aliphatic carbocycles. The highest BCUT2D eigenvalue weighted by Gasteiger charge is 2.41. The van der Waals surface area contributed by atoms with Crippen LogP contribution in [0.3, 0.4) is 0 Å². The van der Waals surface area contributed by atoms with Crippen molar-refractivity contribution >= 4 is 6.09 Å². The monoisotopic (exact) mass is 316 g/mol. The van der Waals surface area contributed by atoms with Gasteiger partial charge in [0.25, 0.3) is 0 Å². The van der Waals surface area contributed by atoms with Gasteiger partial charge in [-0.05, 0) is 51.7 Å². The molecular formula is C19H28N2O2. The lowest BCUT2D eigenvalue weighted by Gasteiger charge is -2.45. The number of nitrogens with one attached hydrogen (secondary N) is 1. The van der Waals surface area contributed by atoms with Crippen LogP contribution < -0.4 is 5.32 Å². The van der Waals surface area contributed by atoms with Crippen LogP contribution in [-0.4, -0.2) is 36.2 Å². The highest BCUT2D eigenvalue weighted by atomic mass is 16.6. The van der Waals surface area contributed by atoms with E-state index in [0.29, 0.717) is 0 Å². The Morgan fingerprint density at radius 2 is 1.96 bits per heavy atom. The number of hydrogen-bond acceptors (Lipinski definition) is 3. The summed E-state index contributed by atoms with van der Waals surface area (Å²) in [5.74, 6) is 0. The van der Waals surface area contributed by atoms with E-state index in [1.165, 1.54) is 16.7 Å². The van der Waals surface area contributed by atoms with Crippen LogP contribution in [0.15, 0.2) is 18.2 Å². The second-order valence-electron chi connectivity index (χ2n) is 8.01. The van der Waals surface area contributed by atoms with Gasteiger partial charge in [-0.15, -0.1) is 0 Å². The molecule has 1 aromatic rings. The predicted octanol–water partition coefficient (Wildman–Crippen LogP) is 3.37. The zero-order valence-electron chi connectivity index (χ0n) is 14.7. The molecule has 1 fully saturated rings. The summed E-state index contributed by atoms with van der Waals surface area (Å²) < 4.78 is 5.51. The maximum atomic E-state index is 12.3. The third kappa shape index (κ3) is 3.37. The molecule has 1 aromatic carbocycles. The Balaban J connectivity index is 1.73. The minimum atomic E-state index is -0.428. The Morgan fingerprint density at radius 1 is 1.26 bits per heavy atom. The molecule has 0 aromatic heterocycles. The van der Waals surface area contributed by atoms with Crippen molar-refractivity contribution in [2.45, 2.75) is 58.1 Å². The van der Waals surface area contributed by atoms with Gasteiger partial charge in [-0.2, -0.15) is 0 Å². The third-order valence-corrected chi connectivity index (χ3v) is 4.98. The van der Waals surface area contributed by atoms with Crippen LogP contribution in [0.25, 0.3) is 0 Å². The van der Waals surface area contributed by atoms with Crippen LogP contribution in [-0.2, 0) is 16.7 Å². The summed E-state index contributed by atoms with van der Waals surface area (Å²) in [7, 11) is 0. The van der Waals surface area contributed by atoms with Crippen LogP contribution in [0.4, 0.5) is 4.79 Å². The Hall–Kier alpha value is -1.55. The Kier molecular flexibility index (Phi) is 4.13. The number of carbonyl (C=O) groups excluding carboxylic acids is 1. The average Bonchev–Trinajstić information content (AvgIpc) is 2.46. The Labute approximate surface area is 139 Å². The van der Waals surface area contributed by atoms with Crippen molar-refractivity contribution in [2.24, 2.45) is 0 Å². The highest BCUT2D eigenvalue weighted by Crippen LogP contribution is 2.39. The molecule has 3 rings (SSSR count). The zero-order chi connectivity index (χ0) is 16.7. The van der Waals surface area contributed by atoms with E-state index in [9.17, 15) is 4.79 Å². The van der Waals surface area contributed by atoms with E-state index in [1.54, 1.807) is 0 Å². The average molecular weight is 316 g/mol. The number of carbonyl (C=O) groups is 1. The molecule has 0 unspecified atom stereocenters. The van der Waals surface area contributed by atoms with Crippen molar-refractivity contribution in [3.05, 3.63) is 34.9 Å². The number of amides is 1. The number of likely N-dealkylation sites (tertiary alicyclic amines) is 1. The summed E-state index contributed by atoms with van der Waals surface area (Å²) in [5, 5.41) is 3.58. The first-order valence-corrected chi connectivity index (χ1v) is 8.58. The molecule has 4 heteroatoms. The van der Waals surface area contributed by atoms with Crippen molar-refractivity contribution in [1.29, 1.82) is 0 Å². The smallest absolute Gasteiger partial charge is 0.410 e. The number of nitrogens with zero attached hydrogens (tertiary/aromatic N) is 1. The van der Waals surface area contributed by atoms with Gasteiger partial charge in [0, 0.05) is 31.6 Å². The molecule has 23 heavy (non-hydrogen) atoms. The largest absolute Gasteiger partial charge is 0.444 e. The molecule has 1 N–H and O–H groups in total. The third-order valence-electron chi connectivity index (χ3n) is 4.98. The SMILES string of the molecule is Cc1ccc2c(c1)CNCC21CCN(C(=O)OC(C)(C)C)CC1. The maximum absolute atomic E-state index is 12.3. The summed E-state index contributed by atoms with van der Waals surface area (Å²) in [5.41, 5.74) is 3.95. The van der Waals surface area contributed by atoms with E-state index in [0.717, 1.165) is 39.0 Å². The first kappa shape index (κ1) is 16.3.